The monoisotopic (exact) mass is 383 g/mol. The SMILES string of the molecule is CCOc1cccc(OCC(=O)NCCn2nc(-c3ccco3)ccc2=O)c1. The van der Waals surface area contributed by atoms with E-state index in [-0.39, 0.29) is 31.2 Å². The smallest absolute Gasteiger partial charge is 0.266 e. The molecule has 0 aliphatic heterocycles. The highest BCUT2D eigenvalue weighted by Gasteiger charge is 2.07. The van der Waals surface area contributed by atoms with Gasteiger partial charge in [0.15, 0.2) is 12.4 Å². The lowest BCUT2D eigenvalue weighted by atomic mass is 10.3. The van der Waals surface area contributed by atoms with Gasteiger partial charge in [-0.25, -0.2) is 4.68 Å². The molecule has 0 aliphatic rings. The molecule has 0 saturated carbocycles. The Morgan fingerprint density at radius 3 is 2.71 bits per heavy atom. The summed E-state index contributed by atoms with van der Waals surface area (Å²) in [5.74, 6) is 1.50. The minimum atomic E-state index is -0.294. The molecular weight excluding hydrogens is 362 g/mol. The van der Waals surface area contributed by atoms with Crippen LogP contribution in [0.25, 0.3) is 11.5 Å². The fourth-order valence-electron chi connectivity index (χ4n) is 2.49. The number of carbonyl (C=O) groups is 1. The Kier molecular flexibility index (Phi) is 6.46. The summed E-state index contributed by atoms with van der Waals surface area (Å²) >= 11 is 0. The van der Waals surface area contributed by atoms with Crippen LogP contribution in [0, 0.1) is 0 Å². The van der Waals surface area contributed by atoms with Gasteiger partial charge in [-0.15, -0.1) is 0 Å². The van der Waals surface area contributed by atoms with Gasteiger partial charge in [-0.3, -0.25) is 9.59 Å². The van der Waals surface area contributed by atoms with Crippen LogP contribution < -0.4 is 20.3 Å². The van der Waals surface area contributed by atoms with E-state index in [1.807, 2.05) is 13.0 Å². The highest BCUT2D eigenvalue weighted by atomic mass is 16.5. The van der Waals surface area contributed by atoms with Gasteiger partial charge in [0.2, 0.25) is 0 Å². The third kappa shape index (κ3) is 5.23. The number of aromatic nitrogens is 2. The summed E-state index contributed by atoms with van der Waals surface area (Å²) in [7, 11) is 0. The van der Waals surface area contributed by atoms with Gasteiger partial charge < -0.3 is 19.2 Å². The largest absolute Gasteiger partial charge is 0.494 e. The summed E-state index contributed by atoms with van der Waals surface area (Å²) in [6, 6.07) is 13.6. The molecule has 146 valence electrons. The van der Waals surface area contributed by atoms with Gasteiger partial charge in [0.05, 0.1) is 19.4 Å². The van der Waals surface area contributed by atoms with Crippen LogP contribution in [0.3, 0.4) is 0 Å². The lowest BCUT2D eigenvalue weighted by molar-refractivity contribution is -0.123. The third-order valence-electron chi connectivity index (χ3n) is 3.77. The Bertz CT molecular complexity index is 966. The molecule has 0 spiro atoms. The second-order valence-corrected chi connectivity index (χ2v) is 5.80. The predicted octanol–water partition coefficient (Wildman–Crippen LogP) is 2.10. The van der Waals surface area contributed by atoms with Crippen LogP contribution in [0.15, 0.2) is 64.0 Å². The summed E-state index contributed by atoms with van der Waals surface area (Å²) in [5.41, 5.74) is 0.294. The van der Waals surface area contributed by atoms with Crippen LogP contribution in [-0.4, -0.2) is 35.4 Å². The minimum absolute atomic E-state index is 0.135. The normalized spacial score (nSPS) is 10.5. The van der Waals surface area contributed by atoms with Crippen molar-refractivity contribution in [3.8, 4) is 23.0 Å². The average molecular weight is 383 g/mol. The highest BCUT2D eigenvalue weighted by molar-refractivity contribution is 5.77. The van der Waals surface area contributed by atoms with Crippen LogP contribution in [0.5, 0.6) is 11.5 Å². The van der Waals surface area contributed by atoms with Crippen molar-refractivity contribution in [3.05, 3.63) is 65.1 Å². The number of nitrogens with one attached hydrogen (secondary N) is 1. The van der Waals surface area contributed by atoms with Gasteiger partial charge >= 0.3 is 0 Å². The Balaban J connectivity index is 1.48. The van der Waals surface area contributed by atoms with Gasteiger partial charge in [-0.2, -0.15) is 5.10 Å². The number of nitrogens with zero attached hydrogens (tertiary/aromatic N) is 2. The van der Waals surface area contributed by atoms with Gasteiger partial charge in [0, 0.05) is 18.7 Å². The molecule has 3 rings (SSSR count). The Hall–Kier alpha value is -3.55. The molecule has 0 fully saturated rings. The number of ether oxygens (including phenoxy) is 2. The molecule has 2 aromatic heterocycles. The summed E-state index contributed by atoms with van der Waals surface area (Å²) in [6.07, 6.45) is 1.54. The summed E-state index contributed by atoms with van der Waals surface area (Å²) < 4.78 is 17.4. The van der Waals surface area contributed by atoms with Crippen LogP contribution in [0.4, 0.5) is 0 Å². The Labute approximate surface area is 161 Å². The zero-order chi connectivity index (χ0) is 19.8. The first-order valence-corrected chi connectivity index (χ1v) is 8.90. The molecule has 3 aromatic rings. The summed E-state index contributed by atoms with van der Waals surface area (Å²) in [5, 5.41) is 6.95. The van der Waals surface area contributed by atoms with E-state index < -0.39 is 0 Å². The van der Waals surface area contributed by atoms with E-state index in [0.29, 0.717) is 29.6 Å². The van der Waals surface area contributed by atoms with Crippen LogP contribution >= 0.6 is 0 Å². The first-order chi connectivity index (χ1) is 13.7. The van der Waals surface area contributed by atoms with E-state index in [1.54, 1.807) is 36.4 Å². The molecule has 1 aromatic carbocycles. The average Bonchev–Trinajstić information content (AvgIpc) is 3.23. The lowest BCUT2D eigenvalue weighted by Crippen LogP contribution is -2.34. The molecule has 28 heavy (non-hydrogen) atoms. The number of benzene rings is 1. The van der Waals surface area contributed by atoms with Crippen molar-refractivity contribution in [1.82, 2.24) is 15.1 Å². The molecule has 0 unspecified atom stereocenters. The van der Waals surface area contributed by atoms with Gasteiger partial charge in [0.1, 0.15) is 17.2 Å². The van der Waals surface area contributed by atoms with Crippen molar-refractivity contribution < 1.29 is 18.7 Å². The van der Waals surface area contributed by atoms with E-state index in [1.165, 1.54) is 17.0 Å². The standard InChI is InChI=1S/C20H21N3O5/c1-2-26-15-5-3-6-16(13-15)28-14-19(24)21-10-11-23-20(25)9-8-17(22-23)18-7-4-12-27-18/h3-9,12-13H,2,10-11,14H2,1H3,(H,21,24). The maximum atomic E-state index is 12.0. The van der Waals surface area contributed by atoms with Crippen LogP contribution in [-0.2, 0) is 11.3 Å². The molecule has 0 aliphatic carbocycles. The van der Waals surface area contributed by atoms with Crippen molar-refractivity contribution in [2.45, 2.75) is 13.5 Å². The van der Waals surface area contributed by atoms with E-state index >= 15 is 0 Å². The number of hydrogen-bond acceptors (Lipinski definition) is 6. The minimum Gasteiger partial charge on any atom is -0.494 e. The van der Waals surface area contributed by atoms with Crippen molar-refractivity contribution >= 4 is 5.91 Å². The number of hydrogen-bond donors (Lipinski definition) is 1. The number of rotatable bonds is 9. The summed E-state index contributed by atoms with van der Waals surface area (Å²) in [6.45, 7) is 2.79. The van der Waals surface area contributed by atoms with E-state index in [2.05, 4.69) is 10.4 Å². The molecule has 8 heteroatoms. The first-order valence-electron chi connectivity index (χ1n) is 8.90. The molecule has 0 radical (unpaired) electrons. The van der Waals surface area contributed by atoms with Crippen LogP contribution in [0.2, 0.25) is 0 Å². The van der Waals surface area contributed by atoms with E-state index in [4.69, 9.17) is 13.9 Å². The van der Waals surface area contributed by atoms with Gasteiger partial charge in [0.25, 0.3) is 11.5 Å². The highest BCUT2D eigenvalue weighted by Crippen LogP contribution is 2.19. The van der Waals surface area contributed by atoms with E-state index in [0.717, 1.165) is 0 Å². The molecule has 2 heterocycles. The van der Waals surface area contributed by atoms with E-state index in [9.17, 15) is 9.59 Å². The quantitative estimate of drug-likeness (QED) is 0.608. The van der Waals surface area contributed by atoms with Crippen molar-refractivity contribution in [3.63, 3.8) is 0 Å². The van der Waals surface area contributed by atoms with Crippen molar-refractivity contribution in [1.29, 1.82) is 0 Å². The maximum absolute atomic E-state index is 12.0. The molecule has 1 N–H and O–H groups in total. The zero-order valence-electron chi connectivity index (χ0n) is 15.5. The fourth-order valence-corrected chi connectivity index (χ4v) is 2.49. The number of amides is 1. The predicted molar refractivity (Wildman–Crippen MR) is 102 cm³/mol. The van der Waals surface area contributed by atoms with Crippen molar-refractivity contribution in [2.24, 2.45) is 0 Å². The molecular formula is C20H21N3O5. The summed E-state index contributed by atoms with van der Waals surface area (Å²) in [4.78, 5) is 23.9. The number of carbonyl (C=O) groups excluding carboxylic acids is 1. The van der Waals surface area contributed by atoms with Crippen LogP contribution in [0.1, 0.15) is 6.92 Å². The zero-order valence-corrected chi connectivity index (χ0v) is 15.5. The maximum Gasteiger partial charge on any atom is 0.266 e. The van der Waals surface area contributed by atoms with Gasteiger partial charge in [-0.1, -0.05) is 6.07 Å². The molecule has 0 bridgehead atoms. The lowest BCUT2D eigenvalue weighted by Gasteiger charge is -2.10. The molecule has 0 saturated heterocycles. The Morgan fingerprint density at radius 2 is 1.96 bits per heavy atom. The molecule has 0 atom stereocenters. The molecule has 1 amide bonds. The fraction of sp³-hybridized carbons (Fsp3) is 0.250. The third-order valence-corrected chi connectivity index (χ3v) is 3.77. The second kappa shape index (κ2) is 9.40. The molecule has 8 nitrogen and oxygen atoms in total. The first kappa shape index (κ1) is 19.2. The number of furan rings is 1. The van der Waals surface area contributed by atoms with Crippen molar-refractivity contribution in [2.75, 3.05) is 19.8 Å². The second-order valence-electron chi connectivity index (χ2n) is 5.80. The van der Waals surface area contributed by atoms with Gasteiger partial charge in [-0.05, 0) is 37.3 Å². The topological polar surface area (TPSA) is 95.6 Å². The Morgan fingerprint density at radius 1 is 1.14 bits per heavy atom.